The molecule has 1 aromatic heterocycles. The van der Waals surface area contributed by atoms with Gasteiger partial charge < -0.3 is 14.8 Å². The first kappa shape index (κ1) is 13.8. The summed E-state index contributed by atoms with van der Waals surface area (Å²) in [4.78, 5) is 11.5. The summed E-state index contributed by atoms with van der Waals surface area (Å²) in [7, 11) is 0. The molecule has 96 valence electrons. The van der Waals surface area contributed by atoms with E-state index >= 15 is 0 Å². The van der Waals surface area contributed by atoms with Crippen molar-refractivity contribution in [2.75, 3.05) is 6.54 Å². The Balaban J connectivity index is 2.36. The van der Waals surface area contributed by atoms with E-state index in [9.17, 15) is 9.90 Å². The molecule has 0 radical (unpaired) electrons. The molecule has 1 aromatic rings. The molecule has 0 fully saturated rings. The third kappa shape index (κ3) is 5.54. The maximum absolute atomic E-state index is 11.5. The first-order valence-electron chi connectivity index (χ1n) is 5.90. The molecule has 1 heterocycles. The summed E-state index contributed by atoms with van der Waals surface area (Å²) in [5, 5.41) is 12.8. The van der Waals surface area contributed by atoms with Crippen LogP contribution in [0, 0.1) is 5.92 Å². The first-order chi connectivity index (χ1) is 7.89. The second kappa shape index (κ2) is 5.87. The van der Waals surface area contributed by atoms with Gasteiger partial charge in [-0.2, -0.15) is 0 Å². The number of rotatable bonds is 6. The molecule has 0 spiro atoms. The van der Waals surface area contributed by atoms with Gasteiger partial charge in [-0.1, -0.05) is 13.8 Å². The Morgan fingerprint density at radius 3 is 2.82 bits per heavy atom. The second-order valence-corrected chi connectivity index (χ2v) is 5.13. The summed E-state index contributed by atoms with van der Waals surface area (Å²) in [5.74, 6) is 1.01. The standard InChI is InChI=1S/C13H21NO3/c1-10(2)7-12(15)14-9-13(3,16)8-11-5-4-6-17-11/h4-6,10,16H,7-9H2,1-3H3,(H,14,15). The van der Waals surface area contributed by atoms with Gasteiger partial charge in [-0.05, 0) is 25.0 Å². The monoisotopic (exact) mass is 239 g/mol. The van der Waals surface area contributed by atoms with E-state index in [-0.39, 0.29) is 12.5 Å². The molecule has 0 aliphatic carbocycles. The number of aliphatic hydroxyl groups is 1. The van der Waals surface area contributed by atoms with Crippen molar-refractivity contribution in [2.24, 2.45) is 5.92 Å². The Morgan fingerprint density at radius 2 is 2.29 bits per heavy atom. The van der Waals surface area contributed by atoms with Gasteiger partial charge in [-0.25, -0.2) is 0 Å². The largest absolute Gasteiger partial charge is 0.469 e. The van der Waals surface area contributed by atoms with E-state index in [2.05, 4.69) is 5.32 Å². The molecule has 4 nitrogen and oxygen atoms in total. The molecule has 0 aliphatic rings. The van der Waals surface area contributed by atoms with Crippen LogP contribution in [-0.2, 0) is 11.2 Å². The summed E-state index contributed by atoms with van der Waals surface area (Å²) in [6, 6.07) is 3.59. The van der Waals surface area contributed by atoms with Crippen LogP contribution in [0.4, 0.5) is 0 Å². The van der Waals surface area contributed by atoms with E-state index in [4.69, 9.17) is 4.42 Å². The van der Waals surface area contributed by atoms with Crippen molar-refractivity contribution in [1.29, 1.82) is 0 Å². The predicted octanol–water partition coefficient (Wildman–Crippen LogP) is 1.74. The number of carbonyl (C=O) groups is 1. The van der Waals surface area contributed by atoms with Gasteiger partial charge in [-0.3, -0.25) is 4.79 Å². The average Bonchev–Trinajstić information content (AvgIpc) is 2.66. The SMILES string of the molecule is CC(C)CC(=O)NCC(C)(O)Cc1ccco1. The maximum atomic E-state index is 11.5. The van der Waals surface area contributed by atoms with Crippen molar-refractivity contribution in [3.63, 3.8) is 0 Å². The highest BCUT2D eigenvalue weighted by atomic mass is 16.3. The molecule has 0 saturated heterocycles. The molecular weight excluding hydrogens is 218 g/mol. The molecule has 1 rings (SSSR count). The number of nitrogens with one attached hydrogen (secondary N) is 1. The van der Waals surface area contributed by atoms with Crippen molar-refractivity contribution in [3.8, 4) is 0 Å². The number of carbonyl (C=O) groups excluding carboxylic acids is 1. The lowest BCUT2D eigenvalue weighted by Gasteiger charge is -2.22. The second-order valence-electron chi connectivity index (χ2n) is 5.13. The summed E-state index contributed by atoms with van der Waals surface area (Å²) >= 11 is 0. The number of hydrogen-bond acceptors (Lipinski definition) is 3. The van der Waals surface area contributed by atoms with Crippen LogP contribution >= 0.6 is 0 Å². The number of hydrogen-bond donors (Lipinski definition) is 2. The van der Waals surface area contributed by atoms with Gasteiger partial charge in [0.05, 0.1) is 11.9 Å². The van der Waals surface area contributed by atoms with Crippen molar-refractivity contribution < 1.29 is 14.3 Å². The fourth-order valence-electron chi connectivity index (χ4n) is 1.58. The van der Waals surface area contributed by atoms with Crippen LogP contribution in [-0.4, -0.2) is 23.2 Å². The van der Waals surface area contributed by atoms with Gasteiger partial charge in [0.25, 0.3) is 0 Å². The normalized spacial score (nSPS) is 14.6. The van der Waals surface area contributed by atoms with E-state index in [0.29, 0.717) is 24.5 Å². The Morgan fingerprint density at radius 1 is 1.59 bits per heavy atom. The Labute approximate surface area is 102 Å². The quantitative estimate of drug-likeness (QED) is 0.794. The highest BCUT2D eigenvalue weighted by Gasteiger charge is 2.23. The predicted molar refractivity (Wildman–Crippen MR) is 65.5 cm³/mol. The lowest BCUT2D eigenvalue weighted by atomic mass is 10.0. The highest BCUT2D eigenvalue weighted by molar-refractivity contribution is 5.76. The Kier molecular flexibility index (Phi) is 4.75. The van der Waals surface area contributed by atoms with Crippen LogP contribution in [0.5, 0.6) is 0 Å². The Hall–Kier alpha value is -1.29. The topological polar surface area (TPSA) is 62.5 Å². The fourth-order valence-corrected chi connectivity index (χ4v) is 1.58. The summed E-state index contributed by atoms with van der Waals surface area (Å²) < 4.78 is 5.17. The molecule has 0 saturated carbocycles. The smallest absolute Gasteiger partial charge is 0.220 e. The van der Waals surface area contributed by atoms with Crippen LogP contribution in [0.2, 0.25) is 0 Å². The Bertz CT molecular complexity index is 342. The maximum Gasteiger partial charge on any atom is 0.220 e. The van der Waals surface area contributed by atoms with Crippen molar-refractivity contribution >= 4 is 5.91 Å². The van der Waals surface area contributed by atoms with Crippen LogP contribution in [0.1, 0.15) is 33.0 Å². The van der Waals surface area contributed by atoms with Gasteiger partial charge in [0.2, 0.25) is 5.91 Å². The van der Waals surface area contributed by atoms with Crippen LogP contribution < -0.4 is 5.32 Å². The van der Waals surface area contributed by atoms with Crippen molar-refractivity contribution in [2.45, 2.75) is 39.2 Å². The third-order valence-corrected chi connectivity index (χ3v) is 2.40. The summed E-state index contributed by atoms with van der Waals surface area (Å²) in [5.41, 5.74) is -0.982. The van der Waals surface area contributed by atoms with Crippen LogP contribution in [0.15, 0.2) is 22.8 Å². The molecule has 0 aromatic carbocycles. The van der Waals surface area contributed by atoms with Gasteiger partial charge in [0.1, 0.15) is 5.76 Å². The zero-order valence-corrected chi connectivity index (χ0v) is 10.7. The van der Waals surface area contributed by atoms with Gasteiger partial charge in [-0.15, -0.1) is 0 Å². The third-order valence-electron chi connectivity index (χ3n) is 2.40. The van der Waals surface area contributed by atoms with E-state index < -0.39 is 5.60 Å². The van der Waals surface area contributed by atoms with Crippen LogP contribution in [0.25, 0.3) is 0 Å². The lowest BCUT2D eigenvalue weighted by Crippen LogP contribution is -2.42. The van der Waals surface area contributed by atoms with E-state index in [1.807, 2.05) is 19.9 Å². The van der Waals surface area contributed by atoms with E-state index in [0.717, 1.165) is 0 Å². The molecule has 4 heteroatoms. The van der Waals surface area contributed by atoms with E-state index in [1.54, 1.807) is 19.3 Å². The highest BCUT2D eigenvalue weighted by Crippen LogP contribution is 2.12. The minimum Gasteiger partial charge on any atom is -0.469 e. The van der Waals surface area contributed by atoms with Crippen LogP contribution in [0.3, 0.4) is 0 Å². The molecule has 1 unspecified atom stereocenters. The van der Waals surface area contributed by atoms with Gasteiger partial charge >= 0.3 is 0 Å². The molecular formula is C13H21NO3. The molecule has 17 heavy (non-hydrogen) atoms. The first-order valence-corrected chi connectivity index (χ1v) is 5.90. The zero-order chi connectivity index (χ0) is 12.9. The molecule has 0 bridgehead atoms. The molecule has 1 amide bonds. The van der Waals surface area contributed by atoms with Crippen molar-refractivity contribution in [3.05, 3.63) is 24.2 Å². The summed E-state index contributed by atoms with van der Waals surface area (Å²) in [6.45, 7) is 5.89. The molecule has 1 atom stereocenters. The molecule has 0 aliphatic heterocycles. The van der Waals surface area contributed by atoms with E-state index in [1.165, 1.54) is 0 Å². The summed E-state index contributed by atoms with van der Waals surface area (Å²) in [6.07, 6.45) is 2.45. The average molecular weight is 239 g/mol. The molecule has 2 N–H and O–H groups in total. The fraction of sp³-hybridized carbons (Fsp3) is 0.615. The van der Waals surface area contributed by atoms with Crippen molar-refractivity contribution in [1.82, 2.24) is 5.32 Å². The van der Waals surface area contributed by atoms with Gasteiger partial charge in [0, 0.05) is 19.4 Å². The zero-order valence-electron chi connectivity index (χ0n) is 10.7. The number of furan rings is 1. The lowest BCUT2D eigenvalue weighted by molar-refractivity contribution is -0.122. The minimum atomic E-state index is -0.982. The minimum absolute atomic E-state index is 0.0280. The number of amides is 1. The van der Waals surface area contributed by atoms with Gasteiger partial charge in [0.15, 0.2) is 0 Å².